The summed E-state index contributed by atoms with van der Waals surface area (Å²) in [4.78, 5) is 16.6. The predicted octanol–water partition coefficient (Wildman–Crippen LogP) is 3.57. The monoisotopic (exact) mass is 325 g/mol. The van der Waals surface area contributed by atoms with Crippen molar-refractivity contribution < 1.29 is 4.79 Å². The van der Waals surface area contributed by atoms with Gasteiger partial charge in [0, 0.05) is 11.4 Å². The van der Waals surface area contributed by atoms with Crippen molar-refractivity contribution in [2.75, 3.05) is 5.75 Å². The average Bonchev–Trinajstić information content (AvgIpc) is 3.04. The van der Waals surface area contributed by atoms with E-state index in [1.807, 2.05) is 31.2 Å². The third-order valence-electron chi connectivity index (χ3n) is 4.12. The molecule has 2 aromatic rings. The number of carbonyl (C=O) groups excluding carboxylic acids is 1. The lowest BCUT2D eigenvalue weighted by Crippen LogP contribution is -2.33. The number of carbonyl (C=O) groups is 1. The fourth-order valence-electron chi connectivity index (χ4n) is 2.94. The van der Waals surface area contributed by atoms with Gasteiger partial charge < -0.3 is 5.32 Å². The molecule has 1 saturated carbocycles. The second-order valence-corrected chi connectivity index (χ2v) is 6.95. The van der Waals surface area contributed by atoms with Crippen LogP contribution < -0.4 is 5.32 Å². The Hall–Kier alpha value is -2.06. The predicted molar refractivity (Wildman–Crippen MR) is 92.3 cm³/mol. The number of thioether (sulfide) groups is 1. The van der Waals surface area contributed by atoms with Crippen LogP contribution in [0.5, 0.6) is 0 Å². The van der Waals surface area contributed by atoms with Crippen LogP contribution >= 0.6 is 11.8 Å². The SMILES string of the molecule is Cc1ccc2nc(SCC(=O)NC3CCCC3)c(C#N)cc2c1. The van der Waals surface area contributed by atoms with Gasteiger partial charge in [-0.25, -0.2) is 4.98 Å². The number of nitriles is 1. The molecular weight excluding hydrogens is 306 g/mol. The highest BCUT2D eigenvalue weighted by Gasteiger charge is 2.17. The van der Waals surface area contributed by atoms with E-state index in [1.165, 1.54) is 24.6 Å². The van der Waals surface area contributed by atoms with Crippen LogP contribution in [0, 0.1) is 18.3 Å². The van der Waals surface area contributed by atoms with Crippen molar-refractivity contribution in [3.8, 4) is 6.07 Å². The lowest BCUT2D eigenvalue weighted by atomic mass is 10.1. The molecule has 3 rings (SSSR count). The third kappa shape index (κ3) is 3.83. The maximum absolute atomic E-state index is 12.0. The lowest BCUT2D eigenvalue weighted by molar-refractivity contribution is -0.119. The molecule has 0 saturated heterocycles. The zero-order chi connectivity index (χ0) is 16.2. The van der Waals surface area contributed by atoms with Crippen LogP contribution in [-0.2, 0) is 4.79 Å². The van der Waals surface area contributed by atoms with Gasteiger partial charge in [-0.15, -0.1) is 0 Å². The molecule has 5 heteroatoms. The van der Waals surface area contributed by atoms with Gasteiger partial charge in [-0.1, -0.05) is 36.2 Å². The van der Waals surface area contributed by atoms with Gasteiger partial charge in [-0.2, -0.15) is 5.26 Å². The molecule has 1 aliphatic carbocycles. The summed E-state index contributed by atoms with van der Waals surface area (Å²) in [6.07, 6.45) is 4.55. The summed E-state index contributed by atoms with van der Waals surface area (Å²) >= 11 is 1.34. The molecule has 1 aliphatic rings. The molecule has 1 N–H and O–H groups in total. The third-order valence-corrected chi connectivity index (χ3v) is 5.11. The van der Waals surface area contributed by atoms with Crippen LogP contribution in [0.25, 0.3) is 10.9 Å². The van der Waals surface area contributed by atoms with Crippen LogP contribution in [0.4, 0.5) is 0 Å². The molecule has 0 atom stereocenters. The van der Waals surface area contributed by atoms with Gasteiger partial charge >= 0.3 is 0 Å². The Morgan fingerprint density at radius 2 is 2.17 bits per heavy atom. The summed E-state index contributed by atoms with van der Waals surface area (Å²) < 4.78 is 0. The first kappa shape index (κ1) is 15.8. The van der Waals surface area contributed by atoms with Gasteiger partial charge in [-0.3, -0.25) is 4.79 Å². The van der Waals surface area contributed by atoms with E-state index >= 15 is 0 Å². The summed E-state index contributed by atoms with van der Waals surface area (Å²) in [5.41, 5.74) is 2.52. The first-order valence-corrected chi connectivity index (χ1v) is 8.88. The average molecular weight is 325 g/mol. The number of amides is 1. The van der Waals surface area contributed by atoms with E-state index in [9.17, 15) is 10.1 Å². The molecule has 1 aromatic carbocycles. The zero-order valence-electron chi connectivity index (χ0n) is 13.1. The molecule has 0 radical (unpaired) electrons. The number of fused-ring (bicyclic) bond motifs is 1. The van der Waals surface area contributed by atoms with E-state index in [0.29, 0.717) is 22.4 Å². The second kappa shape index (κ2) is 7.01. The number of aromatic nitrogens is 1. The van der Waals surface area contributed by atoms with E-state index in [0.717, 1.165) is 29.3 Å². The highest BCUT2D eigenvalue weighted by atomic mass is 32.2. The van der Waals surface area contributed by atoms with Crippen molar-refractivity contribution in [3.63, 3.8) is 0 Å². The fraction of sp³-hybridized carbons (Fsp3) is 0.389. The highest BCUT2D eigenvalue weighted by Crippen LogP contribution is 2.25. The number of rotatable bonds is 4. The van der Waals surface area contributed by atoms with Gasteiger partial charge in [0.25, 0.3) is 0 Å². The molecule has 118 valence electrons. The van der Waals surface area contributed by atoms with Crippen LogP contribution in [-0.4, -0.2) is 22.7 Å². The molecule has 1 amide bonds. The van der Waals surface area contributed by atoms with E-state index < -0.39 is 0 Å². The van der Waals surface area contributed by atoms with E-state index in [1.54, 1.807) is 0 Å². The first-order valence-electron chi connectivity index (χ1n) is 7.89. The smallest absolute Gasteiger partial charge is 0.230 e. The number of benzene rings is 1. The Morgan fingerprint density at radius 1 is 1.39 bits per heavy atom. The number of pyridine rings is 1. The van der Waals surface area contributed by atoms with Crippen molar-refractivity contribution in [1.29, 1.82) is 5.26 Å². The van der Waals surface area contributed by atoms with Crippen molar-refractivity contribution in [3.05, 3.63) is 35.4 Å². The second-order valence-electron chi connectivity index (χ2n) is 5.99. The fourth-order valence-corrected chi connectivity index (χ4v) is 3.72. The van der Waals surface area contributed by atoms with Crippen molar-refractivity contribution in [1.82, 2.24) is 10.3 Å². The van der Waals surface area contributed by atoms with Crippen LogP contribution in [0.3, 0.4) is 0 Å². The quantitative estimate of drug-likeness (QED) is 0.873. The zero-order valence-corrected chi connectivity index (χ0v) is 13.9. The molecule has 1 fully saturated rings. The van der Waals surface area contributed by atoms with Crippen molar-refractivity contribution in [2.45, 2.75) is 43.7 Å². The number of nitrogens with one attached hydrogen (secondary N) is 1. The molecule has 0 unspecified atom stereocenters. The summed E-state index contributed by atoms with van der Waals surface area (Å²) in [6, 6.07) is 10.3. The highest BCUT2D eigenvalue weighted by molar-refractivity contribution is 8.00. The minimum atomic E-state index is 0.0246. The molecule has 1 aromatic heterocycles. The van der Waals surface area contributed by atoms with Crippen molar-refractivity contribution >= 4 is 28.6 Å². The van der Waals surface area contributed by atoms with Crippen LogP contribution in [0.15, 0.2) is 29.3 Å². The Balaban J connectivity index is 1.72. The van der Waals surface area contributed by atoms with E-state index in [-0.39, 0.29) is 5.91 Å². The van der Waals surface area contributed by atoms with E-state index in [2.05, 4.69) is 16.4 Å². The minimum absolute atomic E-state index is 0.0246. The Kier molecular flexibility index (Phi) is 4.82. The number of hydrogen-bond donors (Lipinski definition) is 1. The molecular formula is C18H19N3OS. The number of hydrogen-bond acceptors (Lipinski definition) is 4. The van der Waals surface area contributed by atoms with Crippen molar-refractivity contribution in [2.24, 2.45) is 0 Å². The van der Waals surface area contributed by atoms with Gasteiger partial charge in [0.15, 0.2) is 0 Å². The topological polar surface area (TPSA) is 65.8 Å². The minimum Gasteiger partial charge on any atom is -0.353 e. The molecule has 0 spiro atoms. The Labute approximate surface area is 140 Å². The van der Waals surface area contributed by atoms with Gasteiger partial charge in [0.2, 0.25) is 5.91 Å². The molecule has 0 aliphatic heterocycles. The summed E-state index contributed by atoms with van der Waals surface area (Å²) in [5, 5.41) is 14.0. The summed E-state index contributed by atoms with van der Waals surface area (Å²) in [5.74, 6) is 0.326. The van der Waals surface area contributed by atoms with Crippen LogP contribution in [0.2, 0.25) is 0 Å². The number of aryl methyl sites for hydroxylation is 1. The number of nitrogens with zero attached hydrogens (tertiary/aromatic N) is 2. The van der Waals surface area contributed by atoms with E-state index in [4.69, 9.17) is 0 Å². The van der Waals surface area contributed by atoms with Gasteiger partial charge in [0.1, 0.15) is 11.1 Å². The Morgan fingerprint density at radius 3 is 2.91 bits per heavy atom. The summed E-state index contributed by atoms with van der Waals surface area (Å²) in [7, 11) is 0. The summed E-state index contributed by atoms with van der Waals surface area (Å²) in [6.45, 7) is 2.02. The largest absolute Gasteiger partial charge is 0.353 e. The van der Waals surface area contributed by atoms with Gasteiger partial charge in [-0.05, 0) is 38.0 Å². The Bertz CT molecular complexity index is 776. The normalized spacial score (nSPS) is 14.8. The van der Waals surface area contributed by atoms with Gasteiger partial charge in [0.05, 0.1) is 16.8 Å². The maximum atomic E-state index is 12.0. The first-order chi connectivity index (χ1) is 11.2. The molecule has 23 heavy (non-hydrogen) atoms. The lowest BCUT2D eigenvalue weighted by Gasteiger charge is -2.11. The molecule has 1 heterocycles. The molecule has 0 bridgehead atoms. The maximum Gasteiger partial charge on any atom is 0.230 e. The molecule has 4 nitrogen and oxygen atoms in total. The van der Waals surface area contributed by atoms with Crippen LogP contribution in [0.1, 0.15) is 36.8 Å². The standard InChI is InChI=1S/C18H19N3OS/c1-12-6-7-16-13(8-12)9-14(10-19)18(21-16)23-11-17(22)20-15-4-2-3-5-15/h6-9,15H,2-5,11H2,1H3,(H,20,22).